The van der Waals surface area contributed by atoms with E-state index in [1.54, 1.807) is 6.07 Å². The summed E-state index contributed by atoms with van der Waals surface area (Å²) in [6, 6.07) is 63.8. The van der Waals surface area contributed by atoms with Crippen LogP contribution in [-0.2, 0) is 5.41 Å². The topological polar surface area (TPSA) is 95.5 Å². The smallest absolute Gasteiger partial charge is 0.164 e. The summed E-state index contributed by atoms with van der Waals surface area (Å²) >= 11 is 0. The molecule has 58 heavy (non-hydrogen) atoms. The van der Waals surface area contributed by atoms with Gasteiger partial charge in [-0.15, -0.1) is 0 Å². The van der Waals surface area contributed by atoms with Gasteiger partial charge in [-0.1, -0.05) is 146 Å². The third-order valence-corrected chi connectivity index (χ3v) is 11.4. The number of benzene rings is 8. The number of nitrogens with zero attached hydrogens (tertiary/aromatic N) is 5. The fourth-order valence-electron chi connectivity index (χ4n) is 9.00. The second-order valence-corrected chi connectivity index (χ2v) is 14.5. The third-order valence-electron chi connectivity index (χ3n) is 11.4. The Kier molecular flexibility index (Phi) is 7.41. The van der Waals surface area contributed by atoms with Crippen LogP contribution in [0.1, 0.15) is 33.4 Å². The van der Waals surface area contributed by atoms with Crippen LogP contribution in [-0.4, -0.2) is 15.0 Å². The molecule has 0 amide bonds. The van der Waals surface area contributed by atoms with Gasteiger partial charge in [0.05, 0.1) is 28.7 Å². The zero-order valence-corrected chi connectivity index (χ0v) is 30.9. The molecular formula is C52H29N5O. The van der Waals surface area contributed by atoms with E-state index in [0.717, 1.165) is 83.5 Å². The van der Waals surface area contributed by atoms with Gasteiger partial charge in [-0.25, -0.2) is 15.0 Å². The monoisotopic (exact) mass is 739 g/mol. The van der Waals surface area contributed by atoms with E-state index in [-0.39, 0.29) is 0 Å². The summed E-state index contributed by atoms with van der Waals surface area (Å²) < 4.78 is 6.59. The van der Waals surface area contributed by atoms with Crippen LogP contribution in [0.5, 0.6) is 11.5 Å². The summed E-state index contributed by atoms with van der Waals surface area (Å²) in [4.78, 5) is 14.8. The summed E-state index contributed by atoms with van der Waals surface area (Å²) in [5.41, 5.74) is 10.5. The number of para-hydroxylation sites is 2. The average Bonchev–Trinajstić information content (AvgIpc) is 3.59. The molecule has 0 atom stereocenters. The molecule has 0 unspecified atom stereocenters. The lowest BCUT2D eigenvalue weighted by Gasteiger charge is -2.39. The molecule has 0 fully saturated rings. The zero-order chi connectivity index (χ0) is 38.8. The van der Waals surface area contributed by atoms with Crippen LogP contribution >= 0.6 is 0 Å². The van der Waals surface area contributed by atoms with E-state index in [9.17, 15) is 10.5 Å². The first-order valence-electron chi connectivity index (χ1n) is 19.1. The van der Waals surface area contributed by atoms with Gasteiger partial charge in [0.1, 0.15) is 11.5 Å². The number of hydrogen-bond acceptors (Lipinski definition) is 6. The van der Waals surface area contributed by atoms with Gasteiger partial charge in [0.25, 0.3) is 0 Å². The highest BCUT2D eigenvalue weighted by Gasteiger charge is 2.52. The fourth-order valence-corrected chi connectivity index (χ4v) is 9.00. The molecule has 6 heteroatoms. The maximum absolute atomic E-state index is 10.7. The van der Waals surface area contributed by atoms with E-state index in [1.165, 1.54) is 0 Å². The van der Waals surface area contributed by atoms with Gasteiger partial charge in [0, 0.05) is 33.4 Å². The van der Waals surface area contributed by atoms with E-state index in [1.807, 2.05) is 103 Å². The Hall–Kier alpha value is -8.19. The molecule has 2 aliphatic rings. The normalized spacial score (nSPS) is 12.7. The molecule has 8 aromatic carbocycles. The Morgan fingerprint density at radius 2 is 0.897 bits per heavy atom. The molecule has 0 radical (unpaired) electrons. The van der Waals surface area contributed by atoms with Gasteiger partial charge in [-0.05, 0) is 68.9 Å². The SMILES string of the molecule is N#Cc1cc(C#N)c2c(c1)C1(c3ccccc3Oc3ccccc31)c1cc(-c3ccc(-c4nc(-c5ccccc5)nc(-c5ccccc5)n4)cc3)c3ccccc3c1-2. The maximum atomic E-state index is 10.7. The first kappa shape index (κ1) is 33.2. The van der Waals surface area contributed by atoms with Crippen LogP contribution in [0.2, 0.25) is 0 Å². The van der Waals surface area contributed by atoms with Crippen LogP contribution in [0.25, 0.3) is 67.2 Å². The molecule has 11 rings (SSSR count). The highest BCUT2D eigenvalue weighted by molar-refractivity contribution is 6.11. The van der Waals surface area contributed by atoms with E-state index in [4.69, 9.17) is 19.7 Å². The number of hydrogen-bond donors (Lipinski definition) is 0. The van der Waals surface area contributed by atoms with Crippen LogP contribution in [0, 0.1) is 22.7 Å². The minimum atomic E-state index is -0.875. The van der Waals surface area contributed by atoms with Crippen molar-refractivity contribution < 1.29 is 4.74 Å². The van der Waals surface area contributed by atoms with E-state index >= 15 is 0 Å². The Labute approximate surface area is 334 Å². The Morgan fingerprint density at radius 3 is 1.47 bits per heavy atom. The molecule has 268 valence electrons. The highest BCUT2D eigenvalue weighted by Crippen LogP contribution is 2.64. The number of fused-ring (bicyclic) bond motifs is 11. The lowest BCUT2D eigenvalue weighted by molar-refractivity contribution is 0.436. The fraction of sp³-hybridized carbons (Fsp3) is 0.0192. The molecule has 1 aliphatic heterocycles. The van der Waals surface area contributed by atoms with Crippen molar-refractivity contribution in [2.45, 2.75) is 5.41 Å². The van der Waals surface area contributed by atoms with Crippen LogP contribution < -0.4 is 4.74 Å². The summed E-state index contributed by atoms with van der Waals surface area (Å²) in [7, 11) is 0. The van der Waals surface area contributed by atoms with Crippen molar-refractivity contribution in [2.24, 2.45) is 0 Å². The van der Waals surface area contributed by atoms with Crippen molar-refractivity contribution >= 4 is 10.8 Å². The van der Waals surface area contributed by atoms with Crippen molar-refractivity contribution in [3.05, 3.63) is 209 Å². The number of nitriles is 2. The van der Waals surface area contributed by atoms with Crippen LogP contribution in [0.15, 0.2) is 176 Å². The van der Waals surface area contributed by atoms with E-state index < -0.39 is 5.41 Å². The summed E-state index contributed by atoms with van der Waals surface area (Å²) in [5, 5.41) is 23.1. The first-order chi connectivity index (χ1) is 28.6. The standard InChI is InChI=1S/C52H29N5O/c53-30-32-27-37(31-54)47-43(28-32)52(41-19-9-11-21-45(41)58-46-22-12-10-20-42(46)52)44-29-40(38-17-7-8-18-39(38)48(44)47)33-23-25-36(26-24-33)51-56-49(34-13-3-1-4-14-34)55-50(57-51)35-15-5-2-6-16-35/h1-29H. The molecule has 0 bridgehead atoms. The van der Waals surface area contributed by atoms with Gasteiger partial charge in [0.2, 0.25) is 0 Å². The minimum absolute atomic E-state index is 0.438. The molecule has 0 saturated heterocycles. The molecule has 1 aliphatic carbocycles. The second-order valence-electron chi connectivity index (χ2n) is 14.5. The molecule has 1 spiro atoms. The summed E-state index contributed by atoms with van der Waals surface area (Å²) in [6.07, 6.45) is 0. The quantitative estimate of drug-likeness (QED) is 0.178. The lowest BCUT2D eigenvalue weighted by atomic mass is 9.65. The van der Waals surface area contributed by atoms with Crippen molar-refractivity contribution in [3.8, 4) is 80.1 Å². The van der Waals surface area contributed by atoms with Gasteiger partial charge in [-0.2, -0.15) is 10.5 Å². The molecule has 1 aromatic heterocycles. The zero-order valence-electron chi connectivity index (χ0n) is 30.9. The maximum Gasteiger partial charge on any atom is 0.164 e. The number of aromatic nitrogens is 3. The molecule has 0 N–H and O–H groups in total. The second kappa shape index (κ2) is 13.0. The Bertz CT molecular complexity index is 3110. The van der Waals surface area contributed by atoms with Gasteiger partial charge in [-0.3, -0.25) is 0 Å². The third kappa shape index (κ3) is 4.86. The molecule has 0 saturated carbocycles. The molecular weight excluding hydrogens is 711 g/mol. The Balaban J connectivity index is 1.16. The van der Waals surface area contributed by atoms with E-state index in [0.29, 0.717) is 28.6 Å². The summed E-state index contributed by atoms with van der Waals surface area (Å²) in [5.74, 6) is 3.27. The highest BCUT2D eigenvalue weighted by atomic mass is 16.5. The average molecular weight is 740 g/mol. The molecule has 2 heterocycles. The lowest BCUT2D eigenvalue weighted by Crippen LogP contribution is -2.32. The van der Waals surface area contributed by atoms with Crippen molar-refractivity contribution in [2.75, 3.05) is 0 Å². The number of ether oxygens (including phenoxy) is 1. The van der Waals surface area contributed by atoms with Gasteiger partial charge < -0.3 is 4.74 Å². The Morgan fingerprint density at radius 1 is 0.414 bits per heavy atom. The van der Waals surface area contributed by atoms with Crippen LogP contribution in [0.4, 0.5) is 0 Å². The van der Waals surface area contributed by atoms with E-state index in [2.05, 4.69) is 78.9 Å². The predicted octanol–water partition coefficient (Wildman–Crippen LogP) is 11.9. The van der Waals surface area contributed by atoms with Crippen molar-refractivity contribution in [3.63, 3.8) is 0 Å². The van der Waals surface area contributed by atoms with Crippen molar-refractivity contribution in [1.29, 1.82) is 10.5 Å². The van der Waals surface area contributed by atoms with Gasteiger partial charge in [0.15, 0.2) is 17.5 Å². The first-order valence-corrected chi connectivity index (χ1v) is 19.1. The molecule has 9 aromatic rings. The van der Waals surface area contributed by atoms with Crippen molar-refractivity contribution in [1.82, 2.24) is 15.0 Å². The predicted molar refractivity (Wildman–Crippen MR) is 226 cm³/mol. The minimum Gasteiger partial charge on any atom is -0.457 e. The summed E-state index contributed by atoms with van der Waals surface area (Å²) in [6.45, 7) is 0. The number of rotatable bonds is 4. The largest absolute Gasteiger partial charge is 0.457 e. The van der Waals surface area contributed by atoms with Gasteiger partial charge >= 0.3 is 0 Å². The van der Waals surface area contributed by atoms with Crippen LogP contribution in [0.3, 0.4) is 0 Å². The molecule has 6 nitrogen and oxygen atoms in total.